The molecule has 0 fully saturated rings. The van der Waals surface area contributed by atoms with Gasteiger partial charge in [0.05, 0.1) is 11.3 Å². The Morgan fingerprint density at radius 2 is 2.03 bits per heavy atom. The first-order chi connectivity index (χ1) is 14.8. The van der Waals surface area contributed by atoms with Gasteiger partial charge < -0.3 is 15.2 Å². The molecule has 3 rings (SSSR count). The Morgan fingerprint density at radius 1 is 1.26 bits per heavy atom. The van der Waals surface area contributed by atoms with Crippen LogP contribution in [0.2, 0.25) is 0 Å². The molecule has 6 nitrogen and oxygen atoms in total. The molecule has 0 unspecified atom stereocenters. The monoisotopic (exact) mass is 444 g/mol. The van der Waals surface area contributed by atoms with Crippen molar-refractivity contribution in [1.82, 2.24) is 14.9 Å². The highest BCUT2D eigenvalue weighted by atomic mass is 32.1. The van der Waals surface area contributed by atoms with E-state index in [9.17, 15) is 18.4 Å². The van der Waals surface area contributed by atoms with Crippen molar-refractivity contribution in [2.24, 2.45) is 0 Å². The maximum absolute atomic E-state index is 13.6. The second kappa shape index (κ2) is 9.65. The summed E-state index contributed by atoms with van der Waals surface area (Å²) < 4.78 is 28.7. The Morgan fingerprint density at radius 3 is 2.74 bits per heavy atom. The number of aromatic nitrogens is 2. The lowest BCUT2D eigenvalue weighted by Crippen LogP contribution is -2.28. The summed E-state index contributed by atoms with van der Waals surface area (Å²) in [4.78, 5) is 28.6. The summed E-state index contributed by atoms with van der Waals surface area (Å²) in [7, 11) is 0. The molecule has 3 aromatic rings. The predicted molar refractivity (Wildman–Crippen MR) is 117 cm³/mol. The van der Waals surface area contributed by atoms with Gasteiger partial charge >= 0.3 is 0 Å². The number of nitrogens with one attached hydrogen (secondary N) is 2. The quantitative estimate of drug-likeness (QED) is 0.504. The Kier molecular flexibility index (Phi) is 6.96. The zero-order valence-corrected chi connectivity index (χ0v) is 18.0. The molecular weight excluding hydrogens is 422 g/mol. The maximum atomic E-state index is 13.6. The molecule has 9 heteroatoms. The number of aryl methyl sites for hydroxylation is 1. The van der Waals surface area contributed by atoms with Crippen molar-refractivity contribution < 1.29 is 18.4 Å². The SMILES string of the molecule is C=CCn1c(C)cc(-c2csc(NC(=O)CCNC(=O)c3ccc(F)cc3F)n2)c1C. The van der Waals surface area contributed by atoms with Gasteiger partial charge in [0.15, 0.2) is 5.13 Å². The highest BCUT2D eigenvalue weighted by Gasteiger charge is 2.15. The highest BCUT2D eigenvalue weighted by Crippen LogP contribution is 2.30. The number of rotatable bonds is 8. The minimum atomic E-state index is -0.954. The second-order valence-electron chi connectivity index (χ2n) is 6.90. The summed E-state index contributed by atoms with van der Waals surface area (Å²) in [5.41, 5.74) is 3.64. The van der Waals surface area contributed by atoms with E-state index in [-0.39, 0.29) is 24.4 Å². The Bertz CT molecular complexity index is 1140. The van der Waals surface area contributed by atoms with Gasteiger partial charge in [-0.3, -0.25) is 9.59 Å². The van der Waals surface area contributed by atoms with Crippen LogP contribution in [0.25, 0.3) is 11.3 Å². The molecular formula is C22H22F2N4O2S. The summed E-state index contributed by atoms with van der Waals surface area (Å²) >= 11 is 1.30. The molecule has 0 aliphatic rings. The van der Waals surface area contributed by atoms with Crippen LogP contribution in [-0.2, 0) is 11.3 Å². The number of nitrogens with zero attached hydrogens (tertiary/aromatic N) is 2. The zero-order valence-electron chi connectivity index (χ0n) is 17.2. The van der Waals surface area contributed by atoms with Crippen molar-refractivity contribution in [2.75, 3.05) is 11.9 Å². The fourth-order valence-electron chi connectivity index (χ4n) is 3.17. The number of amides is 2. The van der Waals surface area contributed by atoms with Crippen LogP contribution in [0.4, 0.5) is 13.9 Å². The molecule has 31 heavy (non-hydrogen) atoms. The van der Waals surface area contributed by atoms with Gasteiger partial charge in [-0.2, -0.15) is 0 Å². The summed E-state index contributed by atoms with van der Waals surface area (Å²) in [6.07, 6.45) is 1.82. The molecule has 2 heterocycles. The third-order valence-electron chi connectivity index (χ3n) is 4.73. The van der Waals surface area contributed by atoms with Crippen LogP contribution in [0.1, 0.15) is 28.2 Å². The molecule has 0 saturated heterocycles. The van der Waals surface area contributed by atoms with Gasteiger partial charge in [-0.15, -0.1) is 17.9 Å². The van der Waals surface area contributed by atoms with Crippen LogP contribution in [-0.4, -0.2) is 27.9 Å². The molecule has 0 radical (unpaired) electrons. The van der Waals surface area contributed by atoms with Crippen molar-refractivity contribution in [3.8, 4) is 11.3 Å². The molecule has 0 atom stereocenters. The summed E-state index contributed by atoms with van der Waals surface area (Å²) in [6, 6.07) is 4.74. The van der Waals surface area contributed by atoms with E-state index in [4.69, 9.17) is 0 Å². The van der Waals surface area contributed by atoms with Gasteiger partial charge in [0, 0.05) is 47.9 Å². The number of halogens is 2. The number of allylic oxidation sites excluding steroid dienone is 1. The van der Waals surface area contributed by atoms with Crippen molar-refractivity contribution >= 4 is 28.3 Å². The summed E-state index contributed by atoms with van der Waals surface area (Å²) in [5.74, 6) is -2.77. The molecule has 0 spiro atoms. The lowest BCUT2D eigenvalue weighted by atomic mass is 10.2. The van der Waals surface area contributed by atoms with Gasteiger partial charge in [-0.05, 0) is 32.0 Å². The smallest absolute Gasteiger partial charge is 0.254 e. The second-order valence-corrected chi connectivity index (χ2v) is 7.76. The van der Waals surface area contributed by atoms with Crippen molar-refractivity contribution in [3.05, 3.63) is 70.9 Å². The Hall–Kier alpha value is -3.33. The summed E-state index contributed by atoms with van der Waals surface area (Å²) in [5, 5.41) is 7.46. The van der Waals surface area contributed by atoms with Crippen LogP contribution in [0.15, 0.2) is 42.3 Å². The molecule has 2 amide bonds. The predicted octanol–water partition coefficient (Wildman–Crippen LogP) is 4.45. The molecule has 0 aliphatic heterocycles. The van der Waals surface area contributed by atoms with E-state index in [1.165, 1.54) is 11.3 Å². The van der Waals surface area contributed by atoms with Gasteiger partial charge in [-0.25, -0.2) is 13.8 Å². The number of carbonyl (C=O) groups excluding carboxylic acids is 2. The third-order valence-corrected chi connectivity index (χ3v) is 5.48. The first-order valence-corrected chi connectivity index (χ1v) is 10.4. The molecule has 2 aromatic heterocycles. The number of carbonyl (C=O) groups is 2. The number of hydrogen-bond acceptors (Lipinski definition) is 4. The van der Waals surface area contributed by atoms with Crippen LogP contribution in [0, 0.1) is 25.5 Å². The van der Waals surface area contributed by atoms with Gasteiger partial charge in [-0.1, -0.05) is 6.08 Å². The molecule has 0 bridgehead atoms. The molecule has 162 valence electrons. The topological polar surface area (TPSA) is 76.0 Å². The van der Waals surface area contributed by atoms with Gasteiger partial charge in [0.1, 0.15) is 11.6 Å². The van der Waals surface area contributed by atoms with Crippen LogP contribution < -0.4 is 10.6 Å². The van der Waals surface area contributed by atoms with E-state index in [1.807, 2.05) is 31.4 Å². The average molecular weight is 445 g/mol. The van der Waals surface area contributed by atoms with E-state index in [2.05, 4.69) is 26.8 Å². The molecule has 0 aliphatic carbocycles. The lowest BCUT2D eigenvalue weighted by Gasteiger charge is -2.06. The minimum absolute atomic E-state index is 0.00240. The standard InChI is InChI=1S/C22H22F2N4O2S/c1-4-9-28-13(2)10-17(14(28)3)19-12-31-22(26-19)27-20(29)7-8-25-21(30)16-6-5-15(23)11-18(16)24/h4-6,10-12H,1,7-9H2,2-3H3,(H,25,30)(H,26,27,29). The molecule has 1 aromatic carbocycles. The van der Waals surface area contributed by atoms with Crippen LogP contribution in [0.5, 0.6) is 0 Å². The first kappa shape index (κ1) is 22.4. The fraction of sp³-hybridized carbons (Fsp3) is 0.227. The Balaban J connectivity index is 1.55. The Labute approximate surface area is 182 Å². The maximum Gasteiger partial charge on any atom is 0.254 e. The van der Waals surface area contributed by atoms with E-state index >= 15 is 0 Å². The number of thiazole rings is 1. The summed E-state index contributed by atoms with van der Waals surface area (Å²) in [6.45, 7) is 8.51. The minimum Gasteiger partial charge on any atom is -0.351 e. The highest BCUT2D eigenvalue weighted by molar-refractivity contribution is 7.14. The van der Waals surface area contributed by atoms with Crippen molar-refractivity contribution in [1.29, 1.82) is 0 Å². The number of benzene rings is 1. The van der Waals surface area contributed by atoms with Crippen molar-refractivity contribution in [3.63, 3.8) is 0 Å². The van der Waals surface area contributed by atoms with Crippen LogP contribution >= 0.6 is 11.3 Å². The average Bonchev–Trinajstić information content (AvgIpc) is 3.27. The van der Waals surface area contributed by atoms with Crippen LogP contribution in [0.3, 0.4) is 0 Å². The van der Waals surface area contributed by atoms with E-state index in [0.717, 1.165) is 34.8 Å². The van der Waals surface area contributed by atoms with Gasteiger partial charge in [0.25, 0.3) is 5.91 Å². The van der Waals surface area contributed by atoms with Crippen molar-refractivity contribution in [2.45, 2.75) is 26.8 Å². The van der Waals surface area contributed by atoms with E-state index in [0.29, 0.717) is 17.7 Å². The zero-order chi connectivity index (χ0) is 22.5. The normalized spacial score (nSPS) is 10.7. The largest absolute Gasteiger partial charge is 0.351 e. The third kappa shape index (κ3) is 5.24. The van der Waals surface area contributed by atoms with Gasteiger partial charge in [0.2, 0.25) is 5.91 Å². The number of hydrogen-bond donors (Lipinski definition) is 2. The fourth-order valence-corrected chi connectivity index (χ4v) is 3.89. The first-order valence-electron chi connectivity index (χ1n) is 9.56. The number of anilines is 1. The lowest BCUT2D eigenvalue weighted by molar-refractivity contribution is -0.116. The molecule has 2 N–H and O–H groups in total. The van der Waals surface area contributed by atoms with E-state index < -0.39 is 17.5 Å². The molecule has 0 saturated carbocycles. The van der Waals surface area contributed by atoms with E-state index in [1.54, 1.807) is 0 Å².